The minimum Gasteiger partial charge on any atom is -0.241 e. The molecule has 1 nitrogen and oxygen atoms in total. The number of hydrogen-bond acceptors (Lipinski definition) is 2. The topological polar surface area (TPSA) is 12.9 Å². The van der Waals surface area contributed by atoms with Gasteiger partial charge in [-0.15, -0.1) is 11.3 Å². The lowest BCUT2D eigenvalue weighted by molar-refractivity contribution is -0.137. The summed E-state index contributed by atoms with van der Waals surface area (Å²) in [4.78, 5) is 5.57. The van der Waals surface area contributed by atoms with Gasteiger partial charge >= 0.3 is 6.18 Å². The zero-order valence-corrected chi connectivity index (χ0v) is 12.5. The number of rotatable bonds is 3. The summed E-state index contributed by atoms with van der Waals surface area (Å²) in [7, 11) is 0. The van der Waals surface area contributed by atoms with Crippen molar-refractivity contribution in [1.82, 2.24) is 4.98 Å². The number of alkyl halides is 4. The maximum absolute atomic E-state index is 12.5. The van der Waals surface area contributed by atoms with Gasteiger partial charge < -0.3 is 0 Å². The maximum atomic E-state index is 12.5. The van der Waals surface area contributed by atoms with Gasteiger partial charge in [-0.3, -0.25) is 0 Å². The second kappa shape index (κ2) is 5.63. The molecular formula is C13H11BrF3NS. The highest BCUT2D eigenvalue weighted by Crippen LogP contribution is 2.32. The second-order valence-electron chi connectivity index (χ2n) is 4.04. The first-order valence-electron chi connectivity index (χ1n) is 5.61. The van der Waals surface area contributed by atoms with Gasteiger partial charge in [0.15, 0.2) is 0 Å². The second-order valence-corrected chi connectivity index (χ2v) is 6.03. The molecule has 0 aliphatic carbocycles. The van der Waals surface area contributed by atoms with Crippen LogP contribution in [0.15, 0.2) is 24.3 Å². The molecule has 0 amide bonds. The molecule has 0 aliphatic heterocycles. The monoisotopic (exact) mass is 349 g/mol. The summed E-state index contributed by atoms with van der Waals surface area (Å²) >= 11 is 4.86. The van der Waals surface area contributed by atoms with Gasteiger partial charge in [-0.25, -0.2) is 4.98 Å². The van der Waals surface area contributed by atoms with Crippen LogP contribution in [0.25, 0.3) is 10.6 Å². The van der Waals surface area contributed by atoms with Crippen molar-refractivity contribution in [3.8, 4) is 10.6 Å². The molecule has 0 spiro atoms. The van der Waals surface area contributed by atoms with E-state index in [0.29, 0.717) is 0 Å². The van der Waals surface area contributed by atoms with E-state index >= 15 is 0 Å². The number of aromatic nitrogens is 1. The van der Waals surface area contributed by atoms with Crippen LogP contribution in [0.4, 0.5) is 13.2 Å². The van der Waals surface area contributed by atoms with E-state index in [-0.39, 0.29) is 0 Å². The van der Waals surface area contributed by atoms with Crippen molar-refractivity contribution in [3.63, 3.8) is 0 Å². The van der Waals surface area contributed by atoms with Crippen LogP contribution >= 0.6 is 27.3 Å². The Morgan fingerprint density at radius 1 is 1.21 bits per heavy atom. The van der Waals surface area contributed by atoms with E-state index in [4.69, 9.17) is 0 Å². The van der Waals surface area contributed by atoms with Crippen LogP contribution in [0.2, 0.25) is 0 Å². The van der Waals surface area contributed by atoms with Crippen molar-refractivity contribution in [2.75, 3.05) is 5.33 Å². The van der Waals surface area contributed by atoms with Gasteiger partial charge in [0.1, 0.15) is 5.01 Å². The standard InChI is InChI=1S/C13H11BrF3NS/c1-8-11(6-7-14)18-12(19-8)9-2-4-10(5-3-9)13(15,16)17/h2-5H,6-7H2,1H3. The van der Waals surface area contributed by atoms with Crippen LogP contribution in [0.5, 0.6) is 0 Å². The molecule has 1 heterocycles. The van der Waals surface area contributed by atoms with Crippen LogP contribution in [-0.4, -0.2) is 10.3 Å². The first-order chi connectivity index (χ1) is 8.91. The van der Waals surface area contributed by atoms with E-state index in [0.717, 1.165) is 45.0 Å². The fraction of sp³-hybridized carbons (Fsp3) is 0.308. The Kier molecular flexibility index (Phi) is 4.30. The van der Waals surface area contributed by atoms with Gasteiger partial charge in [-0.2, -0.15) is 13.2 Å². The maximum Gasteiger partial charge on any atom is 0.416 e. The Morgan fingerprint density at radius 3 is 2.37 bits per heavy atom. The molecule has 102 valence electrons. The van der Waals surface area contributed by atoms with Gasteiger partial charge in [-0.1, -0.05) is 28.1 Å². The molecule has 1 aromatic heterocycles. The zero-order chi connectivity index (χ0) is 14.0. The molecule has 19 heavy (non-hydrogen) atoms. The highest BCUT2D eigenvalue weighted by molar-refractivity contribution is 9.09. The van der Waals surface area contributed by atoms with Crippen molar-refractivity contribution in [3.05, 3.63) is 40.4 Å². The summed E-state index contributed by atoms with van der Waals surface area (Å²) in [5.41, 5.74) is 1.09. The molecule has 1 aromatic carbocycles. The van der Waals surface area contributed by atoms with E-state index in [1.54, 1.807) is 0 Å². The molecular weight excluding hydrogens is 339 g/mol. The minimum absolute atomic E-state index is 0.634. The third-order valence-electron chi connectivity index (χ3n) is 2.68. The lowest BCUT2D eigenvalue weighted by atomic mass is 10.1. The highest BCUT2D eigenvalue weighted by Gasteiger charge is 2.30. The molecule has 0 N–H and O–H groups in total. The highest BCUT2D eigenvalue weighted by atomic mass is 79.9. The molecule has 0 fully saturated rings. The van der Waals surface area contributed by atoms with E-state index in [1.165, 1.54) is 23.5 Å². The molecule has 0 saturated heterocycles. The molecule has 0 saturated carbocycles. The van der Waals surface area contributed by atoms with E-state index in [9.17, 15) is 13.2 Å². The first kappa shape index (κ1) is 14.5. The minimum atomic E-state index is -4.29. The predicted molar refractivity (Wildman–Crippen MR) is 74.8 cm³/mol. The number of nitrogens with zero attached hydrogens (tertiary/aromatic N) is 1. The zero-order valence-electron chi connectivity index (χ0n) is 10.1. The number of aryl methyl sites for hydroxylation is 2. The third-order valence-corrected chi connectivity index (χ3v) is 4.14. The van der Waals surface area contributed by atoms with Gasteiger partial charge in [0.05, 0.1) is 11.3 Å². The van der Waals surface area contributed by atoms with Gasteiger partial charge in [0.2, 0.25) is 0 Å². The summed E-state index contributed by atoms with van der Waals surface area (Å²) in [5, 5.41) is 1.59. The van der Waals surface area contributed by atoms with Crippen molar-refractivity contribution >= 4 is 27.3 Å². The largest absolute Gasteiger partial charge is 0.416 e. The summed E-state index contributed by atoms with van der Waals surface area (Å²) in [5.74, 6) is 0. The normalized spacial score (nSPS) is 11.8. The number of benzene rings is 1. The quantitative estimate of drug-likeness (QED) is 0.704. The Balaban J connectivity index is 2.30. The molecule has 0 bridgehead atoms. The number of thiazole rings is 1. The Bertz CT molecular complexity index is 560. The van der Waals surface area contributed by atoms with Gasteiger partial charge in [-0.05, 0) is 19.1 Å². The number of hydrogen-bond donors (Lipinski definition) is 0. The molecule has 6 heteroatoms. The summed E-state index contributed by atoms with van der Waals surface area (Å²) in [6, 6.07) is 5.13. The Morgan fingerprint density at radius 2 is 1.84 bits per heavy atom. The average Bonchev–Trinajstić information content (AvgIpc) is 2.71. The fourth-order valence-electron chi connectivity index (χ4n) is 1.67. The van der Waals surface area contributed by atoms with Crippen LogP contribution in [0, 0.1) is 6.92 Å². The summed E-state index contributed by atoms with van der Waals surface area (Å²) in [6.07, 6.45) is -3.47. The van der Waals surface area contributed by atoms with E-state index in [1.807, 2.05) is 6.92 Å². The Hall–Kier alpha value is -0.880. The molecule has 2 aromatic rings. The first-order valence-corrected chi connectivity index (χ1v) is 7.55. The molecule has 0 atom stereocenters. The summed E-state index contributed by atoms with van der Waals surface area (Å²) < 4.78 is 37.4. The predicted octanol–water partition coefficient (Wildman–Crippen LogP) is 5.07. The fourth-order valence-corrected chi connectivity index (χ4v) is 3.02. The van der Waals surface area contributed by atoms with Crippen LogP contribution in [-0.2, 0) is 12.6 Å². The van der Waals surface area contributed by atoms with Gasteiger partial charge in [0, 0.05) is 22.2 Å². The Labute approximate surface area is 121 Å². The number of halogens is 4. The van der Waals surface area contributed by atoms with Gasteiger partial charge in [0.25, 0.3) is 0 Å². The van der Waals surface area contributed by atoms with Crippen molar-refractivity contribution in [2.24, 2.45) is 0 Å². The van der Waals surface area contributed by atoms with E-state index in [2.05, 4.69) is 20.9 Å². The third kappa shape index (κ3) is 3.36. The van der Waals surface area contributed by atoms with Crippen molar-refractivity contribution in [2.45, 2.75) is 19.5 Å². The lowest BCUT2D eigenvalue weighted by Gasteiger charge is -2.06. The van der Waals surface area contributed by atoms with E-state index < -0.39 is 11.7 Å². The average molecular weight is 350 g/mol. The van der Waals surface area contributed by atoms with Crippen LogP contribution in [0.3, 0.4) is 0 Å². The summed E-state index contributed by atoms with van der Waals surface area (Å²) in [6.45, 7) is 1.98. The molecule has 0 aliphatic rings. The molecule has 2 rings (SSSR count). The molecule has 0 unspecified atom stereocenters. The molecule has 0 radical (unpaired) electrons. The lowest BCUT2D eigenvalue weighted by Crippen LogP contribution is -2.03. The smallest absolute Gasteiger partial charge is 0.241 e. The SMILES string of the molecule is Cc1sc(-c2ccc(C(F)(F)F)cc2)nc1CCBr. The van der Waals surface area contributed by atoms with Crippen molar-refractivity contribution < 1.29 is 13.2 Å². The van der Waals surface area contributed by atoms with Crippen LogP contribution in [0.1, 0.15) is 16.1 Å². The van der Waals surface area contributed by atoms with Crippen LogP contribution < -0.4 is 0 Å². The van der Waals surface area contributed by atoms with Crippen molar-refractivity contribution in [1.29, 1.82) is 0 Å².